The zero-order valence-corrected chi connectivity index (χ0v) is 23.4. The summed E-state index contributed by atoms with van der Waals surface area (Å²) >= 11 is 0. The van der Waals surface area contributed by atoms with Gasteiger partial charge in [-0.25, -0.2) is 17.6 Å². The van der Waals surface area contributed by atoms with E-state index >= 15 is 0 Å². The van der Waals surface area contributed by atoms with Crippen molar-refractivity contribution < 1.29 is 48.7 Å². The molecule has 2 aliphatic rings. The second kappa shape index (κ2) is 11.4. The number of nitrogens with zero attached hydrogens (tertiary/aromatic N) is 3. The number of anilines is 1. The normalized spacial score (nSPS) is 21.3. The summed E-state index contributed by atoms with van der Waals surface area (Å²) in [6, 6.07) is 4.47. The molecule has 0 unspecified atom stereocenters. The number of carbonyl (C=O) groups is 2. The number of alkyl halides is 6. The zero-order valence-electron chi connectivity index (χ0n) is 22.5. The third-order valence-electron chi connectivity index (χ3n) is 7.85. The molecular formula is C27H28F7N3O4S. The van der Waals surface area contributed by atoms with Gasteiger partial charge in [0.15, 0.2) is 0 Å². The van der Waals surface area contributed by atoms with E-state index in [2.05, 4.69) is 0 Å². The van der Waals surface area contributed by atoms with Crippen LogP contribution in [0.5, 0.6) is 0 Å². The Morgan fingerprint density at radius 3 is 1.88 bits per heavy atom. The molecule has 0 N–H and O–H groups in total. The second-order valence-electron chi connectivity index (χ2n) is 10.6. The lowest BCUT2D eigenvalue weighted by atomic mass is 9.93. The number of likely N-dealkylation sites (N-methyl/N-ethyl adjacent to an activating group) is 1. The molecule has 2 aromatic carbocycles. The van der Waals surface area contributed by atoms with Crippen molar-refractivity contribution >= 4 is 27.5 Å². The van der Waals surface area contributed by atoms with E-state index in [0.29, 0.717) is 22.6 Å². The molecule has 2 saturated heterocycles. The Kier molecular flexibility index (Phi) is 8.55. The van der Waals surface area contributed by atoms with Gasteiger partial charge in [-0.05, 0) is 48.7 Å². The fourth-order valence-electron chi connectivity index (χ4n) is 5.41. The maximum absolute atomic E-state index is 13.6. The van der Waals surface area contributed by atoms with Gasteiger partial charge in [-0.1, -0.05) is 12.1 Å². The first-order valence-corrected chi connectivity index (χ1v) is 14.7. The number of urea groups is 1. The standard InChI is InChI=1S/C27H28F7N3O4S/c1-35(21-12-18(26(29,30)31)11-19(13-21)27(32,33)34)25(39)36(2)23-15-37(14-22(23)16-3-5-20(28)6-4-16)24(38)17-7-9-42(40,41)10-8-17/h3-6,11-13,17,22-23H,7-10,14-15H2,1-2H3/t22-,23+/m0/s1. The van der Waals surface area contributed by atoms with Crippen LogP contribution in [0.2, 0.25) is 0 Å². The molecule has 2 aromatic rings. The topological polar surface area (TPSA) is 78.0 Å². The van der Waals surface area contributed by atoms with E-state index in [4.69, 9.17) is 0 Å². The summed E-state index contributed by atoms with van der Waals surface area (Å²) in [4.78, 5) is 30.1. The molecule has 42 heavy (non-hydrogen) atoms. The largest absolute Gasteiger partial charge is 0.416 e. The number of likely N-dealkylation sites (tertiary alicyclic amines) is 1. The Bertz CT molecular complexity index is 1400. The molecule has 15 heteroatoms. The minimum atomic E-state index is -5.11. The van der Waals surface area contributed by atoms with Gasteiger partial charge >= 0.3 is 18.4 Å². The van der Waals surface area contributed by atoms with Gasteiger partial charge in [-0.3, -0.25) is 9.69 Å². The lowest BCUT2D eigenvalue weighted by Gasteiger charge is -2.33. The van der Waals surface area contributed by atoms with Crippen LogP contribution >= 0.6 is 0 Å². The average Bonchev–Trinajstić information content (AvgIpc) is 3.36. The SMILES string of the molecule is CN(C(=O)N(C)[C@@H]1CN(C(=O)C2CCS(=O)(=O)CC2)C[C@H]1c1ccc(F)cc1)c1cc(C(F)(F)F)cc(C(F)(F)F)c1. The third-order valence-corrected chi connectivity index (χ3v) is 9.56. The predicted octanol–water partition coefficient (Wildman–Crippen LogP) is 5.17. The van der Waals surface area contributed by atoms with E-state index in [1.54, 1.807) is 0 Å². The van der Waals surface area contributed by atoms with Gasteiger partial charge in [0.1, 0.15) is 15.7 Å². The molecule has 2 heterocycles. The maximum Gasteiger partial charge on any atom is 0.416 e. The zero-order chi connectivity index (χ0) is 31.2. The molecule has 230 valence electrons. The van der Waals surface area contributed by atoms with Crippen LogP contribution in [0.4, 0.5) is 41.2 Å². The van der Waals surface area contributed by atoms with Crippen molar-refractivity contribution in [2.75, 3.05) is 43.6 Å². The predicted molar refractivity (Wildman–Crippen MR) is 139 cm³/mol. The summed E-state index contributed by atoms with van der Waals surface area (Å²) in [5.74, 6) is -2.25. The lowest BCUT2D eigenvalue weighted by Crippen LogP contribution is -2.48. The summed E-state index contributed by atoms with van der Waals surface area (Å²) in [5, 5.41) is 0. The van der Waals surface area contributed by atoms with Gasteiger partial charge in [-0.15, -0.1) is 0 Å². The number of rotatable bonds is 4. The van der Waals surface area contributed by atoms with Crippen LogP contribution in [0.15, 0.2) is 42.5 Å². The second-order valence-corrected chi connectivity index (χ2v) is 12.9. The van der Waals surface area contributed by atoms with Gasteiger partial charge in [-0.2, -0.15) is 26.3 Å². The van der Waals surface area contributed by atoms with Crippen LogP contribution in [0.1, 0.15) is 35.4 Å². The van der Waals surface area contributed by atoms with E-state index in [-0.39, 0.29) is 49.4 Å². The highest BCUT2D eigenvalue weighted by Gasteiger charge is 2.43. The summed E-state index contributed by atoms with van der Waals surface area (Å²) < 4.78 is 118. The summed E-state index contributed by atoms with van der Waals surface area (Å²) in [5.41, 5.74) is -3.23. The summed E-state index contributed by atoms with van der Waals surface area (Å²) in [6.45, 7) is 0.0537. The highest BCUT2D eigenvalue weighted by Crippen LogP contribution is 2.39. The van der Waals surface area contributed by atoms with Crippen molar-refractivity contribution in [3.05, 3.63) is 65.0 Å². The lowest BCUT2D eigenvalue weighted by molar-refractivity contribution is -0.143. The first-order chi connectivity index (χ1) is 19.4. The molecule has 0 saturated carbocycles. The van der Waals surface area contributed by atoms with Crippen LogP contribution in [0.3, 0.4) is 0 Å². The fraction of sp³-hybridized carbons (Fsp3) is 0.481. The first kappa shape index (κ1) is 31.6. The van der Waals surface area contributed by atoms with Gasteiger partial charge in [0.05, 0.1) is 28.7 Å². The average molecular weight is 624 g/mol. The van der Waals surface area contributed by atoms with Gasteiger partial charge in [0.2, 0.25) is 5.91 Å². The molecule has 3 amide bonds. The van der Waals surface area contributed by atoms with Crippen molar-refractivity contribution in [2.45, 2.75) is 37.2 Å². The third kappa shape index (κ3) is 6.81. The van der Waals surface area contributed by atoms with E-state index in [9.17, 15) is 48.7 Å². The number of halogens is 7. The van der Waals surface area contributed by atoms with E-state index in [0.717, 1.165) is 11.9 Å². The minimum Gasteiger partial charge on any atom is -0.340 e. The smallest absolute Gasteiger partial charge is 0.340 e. The van der Waals surface area contributed by atoms with Gasteiger partial charge in [0, 0.05) is 44.7 Å². The number of hydrogen-bond acceptors (Lipinski definition) is 4. The molecule has 0 bridgehead atoms. The molecular weight excluding hydrogens is 595 g/mol. The van der Waals surface area contributed by atoms with Crippen LogP contribution in [-0.2, 0) is 27.0 Å². The van der Waals surface area contributed by atoms with Crippen LogP contribution in [0, 0.1) is 11.7 Å². The van der Waals surface area contributed by atoms with Crippen molar-refractivity contribution in [2.24, 2.45) is 5.92 Å². The Morgan fingerprint density at radius 2 is 1.38 bits per heavy atom. The molecule has 2 aliphatic heterocycles. The summed E-state index contributed by atoms with van der Waals surface area (Å²) in [7, 11) is -0.870. The quantitative estimate of drug-likeness (QED) is 0.441. The first-order valence-electron chi connectivity index (χ1n) is 12.9. The van der Waals surface area contributed by atoms with Gasteiger partial charge < -0.3 is 9.80 Å². The molecule has 4 rings (SSSR count). The van der Waals surface area contributed by atoms with Crippen molar-refractivity contribution in [1.82, 2.24) is 9.80 Å². The molecule has 2 fully saturated rings. The maximum atomic E-state index is 13.6. The molecule has 2 atom stereocenters. The number of hydrogen-bond donors (Lipinski definition) is 0. The van der Waals surface area contributed by atoms with Crippen LogP contribution in [-0.4, -0.2) is 74.9 Å². The van der Waals surface area contributed by atoms with E-state index in [1.807, 2.05) is 0 Å². The molecule has 0 radical (unpaired) electrons. The van der Waals surface area contributed by atoms with Crippen molar-refractivity contribution in [3.8, 4) is 0 Å². The molecule has 0 aromatic heterocycles. The van der Waals surface area contributed by atoms with Crippen molar-refractivity contribution in [1.29, 1.82) is 0 Å². The Hall–Kier alpha value is -3.36. The minimum absolute atomic E-state index is 0.0312. The van der Waals surface area contributed by atoms with E-state index in [1.165, 1.54) is 36.2 Å². The number of amides is 3. The van der Waals surface area contributed by atoms with Gasteiger partial charge in [0.25, 0.3) is 0 Å². The Morgan fingerprint density at radius 1 is 0.857 bits per heavy atom. The highest BCUT2D eigenvalue weighted by atomic mass is 32.2. The summed E-state index contributed by atoms with van der Waals surface area (Å²) in [6.07, 6.45) is -9.94. The van der Waals surface area contributed by atoms with E-state index < -0.39 is 68.7 Å². The Balaban J connectivity index is 1.63. The van der Waals surface area contributed by atoms with Crippen LogP contribution < -0.4 is 4.90 Å². The van der Waals surface area contributed by atoms with Crippen LogP contribution in [0.25, 0.3) is 0 Å². The molecule has 0 spiro atoms. The van der Waals surface area contributed by atoms with Crippen molar-refractivity contribution in [3.63, 3.8) is 0 Å². The molecule has 0 aliphatic carbocycles. The monoisotopic (exact) mass is 623 g/mol. The number of benzene rings is 2. The number of sulfone groups is 1. The number of carbonyl (C=O) groups excluding carboxylic acids is 2. The highest BCUT2D eigenvalue weighted by molar-refractivity contribution is 7.91. The fourth-order valence-corrected chi connectivity index (χ4v) is 6.90. The Labute approximate surface area is 237 Å². The molecule has 7 nitrogen and oxygen atoms in total.